The van der Waals surface area contributed by atoms with E-state index in [-0.39, 0.29) is 11.5 Å². The smallest absolute Gasteiger partial charge is 0.120 e. The van der Waals surface area contributed by atoms with Crippen LogP contribution in [0.1, 0.15) is 63.8 Å². The number of hydrogen-bond donors (Lipinski definition) is 0. The Labute approximate surface area is 222 Å². The Hall–Kier alpha value is -3.52. The molecule has 4 aromatic carbocycles. The van der Waals surface area contributed by atoms with Crippen molar-refractivity contribution in [2.75, 3.05) is 6.61 Å². The first-order valence-electron chi connectivity index (χ1n) is 13.4. The van der Waals surface area contributed by atoms with Crippen LogP contribution < -0.4 is 9.47 Å². The lowest BCUT2D eigenvalue weighted by Gasteiger charge is -2.34. The van der Waals surface area contributed by atoms with Crippen molar-refractivity contribution in [3.05, 3.63) is 119 Å². The van der Waals surface area contributed by atoms with Crippen molar-refractivity contribution in [1.82, 2.24) is 0 Å². The van der Waals surface area contributed by atoms with E-state index in [1.165, 1.54) is 33.4 Å². The number of rotatable bonds is 8. The first-order valence-corrected chi connectivity index (χ1v) is 13.4. The van der Waals surface area contributed by atoms with Crippen molar-refractivity contribution < 1.29 is 9.47 Å². The molecule has 5 rings (SSSR count). The van der Waals surface area contributed by atoms with Gasteiger partial charge in [0.1, 0.15) is 11.5 Å². The molecule has 0 saturated heterocycles. The molecule has 0 atom stereocenters. The topological polar surface area (TPSA) is 18.5 Å². The standard InChI is InChI=1S/C35H38O2/c1-24(2)34(5,6)23-36-28-15-11-13-26(21-28)35(27-14-12-16-29(22-27)37-25(3)4)32-19-9-7-17-30(32)31-18-8-10-20-33(31)35/h7-22,24-25H,23H2,1-6H3. The predicted octanol–water partition coefficient (Wildman–Crippen LogP) is 8.90. The maximum absolute atomic E-state index is 6.44. The Balaban J connectivity index is 1.73. The van der Waals surface area contributed by atoms with Gasteiger partial charge in [-0.25, -0.2) is 0 Å². The molecule has 190 valence electrons. The van der Waals surface area contributed by atoms with Crippen LogP contribution in [-0.2, 0) is 5.41 Å². The van der Waals surface area contributed by atoms with Crippen LogP contribution in [0.25, 0.3) is 11.1 Å². The normalized spacial score (nSPS) is 13.9. The van der Waals surface area contributed by atoms with E-state index in [0.717, 1.165) is 11.5 Å². The largest absolute Gasteiger partial charge is 0.493 e. The van der Waals surface area contributed by atoms with Crippen LogP contribution in [0.5, 0.6) is 11.5 Å². The highest BCUT2D eigenvalue weighted by Gasteiger charge is 2.46. The number of ether oxygens (including phenoxy) is 2. The fourth-order valence-corrected chi connectivity index (χ4v) is 5.35. The van der Waals surface area contributed by atoms with E-state index in [0.29, 0.717) is 12.5 Å². The van der Waals surface area contributed by atoms with Gasteiger partial charge in [-0.1, -0.05) is 100 Å². The van der Waals surface area contributed by atoms with Crippen LogP contribution in [-0.4, -0.2) is 12.7 Å². The third-order valence-electron chi connectivity index (χ3n) is 8.03. The van der Waals surface area contributed by atoms with Gasteiger partial charge in [0, 0.05) is 5.41 Å². The van der Waals surface area contributed by atoms with Gasteiger partial charge in [-0.05, 0) is 77.4 Å². The minimum Gasteiger partial charge on any atom is -0.493 e. The molecule has 1 aliphatic rings. The van der Waals surface area contributed by atoms with Gasteiger partial charge in [0.15, 0.2) is 0 Å². The highest BCUT2D eigenvalue weighted by molar-refractivity contribution is 5.86. The average molecular weight is 491 g/mol. The summed E-state index contributed by atoms with van der Waals surface area (Å²) < 4.78 is 12.6. The van der Waals surface area contributed by atoms with Crippen molar-refractivity contribution in [3.63, 3.8) is 0 Å². The predicted molar refractivity (Wildman–Crippen MR) is 154 cm³/mol. The van der Waals surface area contributed by atoms with E-state index in [4.69, 9.17) is 9.47 Å². The van der Waals surface area contributed by atoms with E-state index < -0.39 is 5.41 Å². The van der Waals surface area contributed by atoms with Gasteiger partial charge in [-0.15, -0.1) is 0 Å². The SMILES string of the molecule is CC(C)Oc1cccc(C2(c3cccc(OCC(C)(C)C(C)C)c3)c3ccccc3-c3ccccc32)c1. The fourth-order valence-electron chi connectivity index (χ4n) is 5.35. The van der Waals surface area contributed by atoms with Gasteiger partial charge in [-0.2, -0.15) is 0 Å². The summed E-state index contributed by atoms with van der Waals surface area (Å²) in [6, 6.07) is 34.9. The first kappa shape index (κ1) is 25.1. The zero-order valence-corrected chi connectivity index (χ0v) is 22.9. The van der Waals surface area contributed by atoms with Crippen LogP contribution >= 0.6 is 0 Å². The molecular weight excluding hydrogens is 452 g/mol. The molecule has 0 aliphatic heterocycles. The number of hydrogen-bond acceptors (Lipinski definition) is 2. The molecule has 0 N–H and O–H groups in total. The van der Waals surface area contributed by atoms with E-state index in [1.807, 2.05) is 0 Å². The van der Waals surface area contributed by atoms with E-state index in [9.17, 15) is 0 Å². The number of fused-ring (bicyclic) bond motifs is 3. The summed E-state index contributed by atoms with van der Waals surface area (Å²) in [5.41, 5.74) is 7.14. The van der Waals surface area contributed by atoms with E-state index in [2.05, 4.69) is 139 Å². The molecule has 1 aliphatic carbocycles. The van der Waals surface area contributed by atoms with Gasteiger partial charge in [0.05, 0.1) is 18.1 Å². The third kappa shape index (κ3) is 4.44. The van der Waals surface area contributed by atoms with Gasteiger partial charge in [-0.3, -0.25) is 0 Å². The average Bonchev–Trinajstić information content (AvgIpc) is 3.19. The summed E-state index contributed by atoms with van der Waals surface area (Å²) in [5, 5.41) is 0. The highest BCUT2D eigenvalue weighted by Crippen LogP contribution is 2.56. The first-order chi connectivity index (χ1) is 17.7. The van der Waals surface area contributed by atoms with Crippen LogP contribution in [0, 0.1) is 11.3 Å². The summed E-state index contributed by atoms with van der Waals surface area (Å²) in [7, 11) is 0. The quantitative estimate of drug-likeness (QED) is 0.216. The molecule has 0 aromatic heterocycles. The highest BCUT2D eigenvalue weighted by atomic mass is 16.5. The molecule has 0 radical (unpaired) electrons. The molecule has 0 saturated carbocycles. The van der Waals surface area contributed by atoms with Gasteiger partial charge in [0.2, 0.25) is 0 Å². The second kappa shape index (κ2) is 9.74. The lowest BCUT2D eigenvalue weighted by molar-refractivity contribution is 0.130. The van der Waals surface area contributed by atoms with Crippen molar-refractivity contribution in [3.8, 4) is 22.6 Å². The number of benzene rings is 4. The van der Waals surface area contributed by atoms with Crippen LogP contribution in [0.4, 0.5) is 0 Å². The molecular formula is C35H38O2. The zero-order chi connectivity index (χ0) is 26.2. The van der Waals surface area contributed by atoms with Crippen molar-refractivity contribution in [2.24, 2.45) is 11.3 Å². The lowest BCUT2D eigenvalue weighted by atomic mass is 9.67. The maximum atomic E-state index is 6.44. The van der Waals surface area contributed by atoms with Crippen LogP contribution in [0.3, 0.4) is 0 Å². The Morgan fingerprint density at radius 3 is 1.70 bits per heavy atom. The second-order valence-electron chi connectivity index (χ2n) is 11.5. The molecule has 0 unspecified atom stereocenters. The van der Waals surface area contributed by atoms with Crippen LogP contribution in [0.15, 0.2) is 97.1 Å². The molecule has 0 amide bonds. The molecule has 0 heterocycles. The fraction of sp³-hybridized carbons (Fsp3) is 0.314. The van der Waals surface area contributed by atoms with Gasteiger partial charge < -0.3 is 9.47 Å². The minimum atomic E-state index is -0.476. The zero-order valence-electron chi connectivity index (χ0n) is 22.9. The maximum Gasteiger partial charge on any atom is 0.120 e. The Morgan fingerprint density at radius 1 is 0.649 bits per heavy atom. The third-order valence-corrected chi connectivity index (χ3v) is 8.03. The monoisotopic (exact) mass is 490 g/mol. The second-order valence-corrected chi connectivity index (χ2v) is 11.5. The lowest BCUT2D eigenvalue weighted by Crippen LogP contribution is -2.29. The van der Waals surface area contributed by atoms with Crippen LogP contribution in [0.2, 0.25) is 0 Å². The van der Waals surface area contributed by atoms with Gasteiger partial charge in [0.25, 0.3) is 0 Å². The molecule has 37 heavy (non-hydrogen) atoms. The molecule has 4 aromatic rings. The summed E-state index contributed by atoms with van der Waals surface area (Å²) in [5.74, 6) is 2.32. The summed E-state index contributed by atoms with van der Waals surface area (Å²) in [6.45, 7) is 13.9. The molecule has 0 bridgehead atoms. The van der Waals surface area contributed by atoms with Crippen molar-refractivity contribution in [2.45, 2.75) is 53.1 Å². The molecule has 2 heteroatoms. The van der Waals surface area contributed by atoms with E-state index >= 15 is 0 Å². The molecule has 0 spiro atoms. The Kier molecular flexibility index (Phi) is 6.62. The molecule has 2 nitrogen and oxygen atoms in total. The van der Waals surface area contributed by atoms with Crippen molar-refractivity contribution in [1.29, 1.82) is 0 Å². The Bertz CT molecular complexity index is 1350. The summed E-state index contributed by atoms with van der Waals surface area (Å²) in [6.07, 6.45) is 0.107. The van der Waals surface area contributed by atoms with E-state index in [1.54, 1.807) is 0 Å². The molecule has 0 fully saturated rings. The van der Waals surface area contributed by atoms with Gasteiger partial charge >= 0.3 is 0 Å². The summed E-state index contributed by atoms with van der Waals surface area (Å²) in [4.78, 5) is 0. The minimum absolute atomic E-state index is 0.0861. The summed E-state index contributed by atoms with van der Waals surface area (Å²) >= 11 is 0. The Morgan fingerprint density at radius 2 is 1.16 bits per heavy atom. The van der Waals surface area contributed by atoms with Crippen molar-refractivity contribution >= 4 is 0 Å².